The van der Waals surface area contributed by atoms with Gasteiger partial charge in [0.25, 0.3) is 0 Å². The van der Waals surface area contributed by atoms with Gasteiger partial charge < -0.3 is 28.4 Å². The number of hydrogen-bond acceptors (Lipinski definition) is 2. The van der Waals surface area contributed by atoms with E-state index in [1.54, 1.807) is 0 Å². The summed E-state index contributed by atoms with van der Waals surface area (Å²) >= 11 is 0. The molecule has 10 heavy (non-hydrogen) atoms. The first kappa shape index (κ1) is 12.4. The summed E-state index contributed by atoms with van der Waals surface area (Å²) in [7, 11) is 0. The van der Waals surface area contributed by atoms with Crippen molar-refractivity contribution in [2.45, 2.75) is 13.0 Å². The lowest BCUT2D eigenvalue weighted by atomic mass is 10.1. The SMILES string of the molecule is C[C@H](C(=O)O)[C@@H](O)C[NH3+].[Cl-]. The minimum atomic E-state index is -0.980. The van der Waals surface area contributed by atoms with Gasteiger partial charge in [0, 0.05) is 0 Å². The molecule has 5 N–H and O–H groups in total. The zero-order valence-electron chi connectivity index (χ0n) is 5.75. The number of aliphatic hydroxyl groups is 1. The maximum Gasteiger partial charge on any atom is 0.309 e. The highest BCUT2D eigenvalue weighted by atomic mass is 35.5. The van der Waals surface area contributed by atoms with E-state index in [0.717, 1.165) is 0 Å². The molecule has 0 unspecified atom stereocenters. The van der Waals surface area contributed by atoms with Crippen molar-refractivity contribution in [3.63, 3.8) is 0 Å². The molecule has 0 radical (unpaired) electrons. The van der Waals surface area contributed by atoms with Crippen LogP contribution in [0.15, 0.2) is 0 Å². The number of aliphatic hydroxyl groups excluding tert-OH is 1. The molecular formula is C5H12ClNO3. The summed E-state index contributed by atoms with van der Waals surface area (Å²) in [5.74, 6) is -1.69. The second-order valence-electron chi connectivity index (χ2n) is 1.98. The third-order valence-electron chi connectivity index (χ3n) is 1.26. The van der Waals surface area contributed by atoms with Gasteiger partial charge in [0.15, 0.2) is 0 Å². The molecule has 0 aromatic carbocycles. The van der Waals surface area contributed by atoms with Crippen molar-refractivity contribution >= 4 is 5.97 Å². The van der Waals surface area contributed by atoms with Gasteiger partial charge in [0.1, 0.15) is 12.6 Å². The summed E-state index contributed by atoms with van der Waals surface area (Å²) in [6.07, 6.45) is -0.817. The average molecular weight is 170 g/mol. The molecule has 0 spiro atoms. The van der Waals surface area contributed by atoms with Crippen molar-refractivity contribution in [1.29, 1.82) is 0 Å². The van der Waals surface area contributed by atoms with E-state index in [9.17, 15) is 4.79 Å². The molecule has 0 aromatic heterocycles. The minimum absolute atomic E-state index is 0. The Balaban J connectivity index is 0. The summed E-state index contributed by atoms with van der Waals surface area (Å²) in [5.41, 5.74) is 3.38. The van der Waals surface area contributed by atoms with Crippen molar-refractivity contribution in [2.24, 2.45) is 5.92 Å². The van der Waals surface area contributed by atoms with E-state index >= 15 is 0 Å². The van der Waals surface area contributed by atoms with E-state index < -0.39 is 18.0 Å². The fraction of sp³-hybridized carbons (Fsp3) is 0.800. The van der Waals surface area contributed by atoms with E-state index in [-0.39, 0.29) is 19.0 Å². The molecule has 2 atom stereocenters. The molecule has 0 heterocycles. The largest absolute Gasteiger partial charge is 1.00 e. The second-order valence-corrected chi connectivity index (χ2v) is 1.98. The lowest BCUT2D eigenvalue weighted by Crippen LogP contribution is -3.00. The van der Waals surface area contributed by atoms with Crippen LogP contribution >= 0.6 is 0 Å². The molecule has 62 valence electrons. The molecule has 5 heteroatoms. The van der Waals surface area contributed by atoms with Gasteiger partial charge in [-0.1, -0.05) is 0 Å². The molecule has 0 bridgehead atoms. The number of aliphatic carboxylic acids is 1. The molecule has 0 fully saturated rings. The van der Waals surface area contributed by atoms with Crippen LogP contribution in [0.1, 0.15) is 6.92 Å². The van der Waals surface area contributed by atoms with Crippen LogP contribution in [-0.4, -0.2) is 28.8 Å². The van der Waals surface area contributed by atoms with Crippen LogP contribution in [0.5, 0.6) is 0 Å². The van der Waals surface area contributed by atoms with E-state index in [1.807, 2.05) is 0 Å². The number of carboxylic acid groups (broad SMARTS) is 1. The second kappa shape index (κ2) is 5.46. The Hall–Kier alpha value is -0.320. The van der Waals surface area contributed by atoms with Crippen LogP contribution in [0.25, 0.3) is 0 Å². The summed E-state index contributed by atoms with van der Waals surface area (Å²) in [6, 6.07) is 0. The zero-order chi connectivity index (χ0) is 7.44. The molecule has 4 nitrogen and oxygen atoms in total. The third kappa shape index (κ3) is 3.66. The van der Waals surface area contributed by atoms with Crippen LogP contribution in [0.4, 0.5) is 0 Å². The van der Waals surface area contributed by atoms with Crippen LogP contribution in [0.2, 0.25) is 0 Å². The van der Waals surface area contributed by atoms with E-state index in [0.29, 0.717) is 0 Å². The van der Waals surface area contributed by atoms with Gasteiger partial charge in [-0.05, 0) is 6.92 Å². The van der Waals surface area contributed by atoms with Crippen LogP contribution in [0.3, 0.4) is 0 Å². The smallest absolute Gasteiger partial charge is 0.309 e. The summed E-state index contributed by atoms with van der Waals surface area (Å²) < 4.78 is 0. The third-order valence-corrected chi connectivity index (χ3v) is 1.26. The molecule has 0 aliphatic rings. The number of rotatable bonds is 3. The van der Waals surface area contributed by atoms with Gasteiger partial charge in [-0.2, -0.15) is 0 Å². The molecule has 0 amide bonds. The molecule has 0 rings (SSSR count). The topological polar surface area (TPSA) is 85.2 Å². The van der Waals surface area contributed by atoms with Crippen molar-refractivity contribution < 1.29 is 33.1 Å². The van der Waals surface area contributed by atoms with Gasteiger partial charge in [-0.3, -0.25) is 4.79 Å². The average Bonchev–Trinajstić information content (AvgIpc) is 1.84. The van der Waals surface area contributed by atoms with Gasteiger partial charge in [-0.15, -0.1) is 0 Å². The number of hydrogen-bond donors (Lipinski definition) is 3. The standard InChI is InChI=1S/C5H11NO3.ClH/c1-3(5(8)9)4(7)2-6;/h3-4,7H,2,6H2,1H3,(H,8,9);1H/t3-,4-;/m0./s1. The number of carboxylic acids is 1. The molecule has 0 saturated carbocycles. The van der Waals surface area contributed by atoms with Crippen LogP contribution < -0.4 is 18.1 Å². The number of quaternary nitrogens is 1. The maximum absolute atomic E-state index is 10.1. The summed E-state index contributed by atoms with van der Waals surface area (Å²) in [6.45, 7) is 1.70. The Morgan fingerprint density at radius 2 is 2.10 bits per heavy atom. The normalized spacial score (nSPS) is 15.1. The van der Waals surface area contributed by atoms with Gasteiger partial charge in [0.05, 0.1) is 5.92 Å². The van der Waals surface area contributed by atoms with E-state index in [1.165, 1.54) is 6.92 Å². The Kier molecular flexibility index (Phi) is 6.76. The van der Waals surface area contributed by atoms with E-state index in [2.05, 4.69) is 5.73 Å². The summed E-state index contributed by atoms with van der Waals surface area (Å²) in [4.78, 5) is 10.1. The Bertz CT molecular complexity index is 109. The minimum Gasteiger partial charge on any atom is -1.00 e. The number of carbonyl (C=O) groups is 1. The summed E-state index contributed by atoms with van der Waals surface area (Å²) in [5, 5.41) is 17.1. The highest BCUT2D eigenvalue weighted by molar-refractivity contribution is 5.70. The Labute approximate surface area is 65.4 Å². The van der Waals surface area contributed by atoms with Gasteiger partial charge in [0.2, 0.25) is 0 Å². The first-order valence-electron chi connectivity index (χ1n) is 2.79. The Morgan fingerprint density at radius 1 is 1.70 bits per heavy atom. The van der Waals surface area contributed by atoms with Gasteiger partial charge >= 0.3 is 5.97 Å². The highest BCUT2D eigenvalue weighted by Crippen LogP contribution is 1.99. The predicted octanol–water partition coefficient (Wildman–Crippen LogP) is -4.69. The fourth-order valence-electron chi connectivity index (χ4n) is 0.415. The molecule has 0 saturated heterocycles. The Morgan fingerprint density at radius 3 is 2.20 bits per heavy atom. The molecule has 0 aliphatic carbocycles. The molecular weight excluding hydrogens is 158 g/mol. The lowest BCUT2D eigenvalue weighted by molar-refractivity contribution is -0.386. The first-order chi connectivity index (χ1) is 4.09. The van der Waals surface area contributed by atoms with Crippen molar-refractivity contribution in [3.8, 4) is 0 Å². The zero-order valence-corrected chi connectivity index (χ0v) is 6.51. The highest BCUT2D eigenvalue weighted by Gasteiger charge is 2.20. The van der Waals surface area contributed by atoms with Crippen molar-refractivity contribution in [3.05, 3.63) is 0 Å². The van der Waals surface area contributed by atoms with Crippen LogP contribution in [-0.2, 0) is 4.79 Å². The monoisotopic (exact) mass is 169 g/mol. The van der Waals surface area contributed by atoms with Crippen molar-refractivity contribution in [2.75, 3.05) is 6.54 Å². The van der Waals surface area contributed by atoms with Gasteiger partial charge in [-0.25, -0.2) is 0 Å². The lowest BCUT2D eigenvalue weighted by Gasteiger charge is -2.08. The number of halogens is 1. The molecule has 0 aliphatic heterocycles. The van der Waals surface area contributed by atoms with Crippen molar-refractivity contribution in [1.82, 2.24) is 0 Å². The quantitative estimate of drug-likeness (QED) is 0.397. The maximum atomic E-state index is 10.1. The van der Waals surface area contributed by atoms with E-state index in [4.69, 9.17) is 10.2 Å². The predicted molar refractivity (Wildman–Crippen MR) is 30.6 cm³/mol. The first-order valence-corrected chi connectivity index (χ1v) is 2.79. The molecule has 0 aromatic rings. The fourth-order valence-corrected chi connectivity index (χ4v) is 0.415. The van der Waals surface area contributed by atoms with Crippen LogP contribution in [0, 0.1) is 5.92 Å².